The van der Waals surface area contributed by atoms with Crippen LogP contribution in [0.5, 0.6) is 11.5 Å². The van der Waals surface area contributed by atoms with Crippen molar-refractivity contribution >= 4 is 27.5 Å². The van der Waals surface area contributed by atoms with Gasteiger partial charge in [0.2, 0.25) is 11.8 Å². The molecule has 2 atom stereocenters. The molecular formula is C33H43N3O6S. The lowest BCUT2D eigenvalue weighted by molar-refractivity contribution is -0.140. The van der Waals surface area contributed by atoms with Gasteiger partial charge in [0.25, 0.3) is 10.0 Å². The van der Waals surface area contributed by atoms with Gasteiger partial charge in [-0.3, -0.25) is 13.9 Å². The van der Waals surface area contributed by atoms with Gasteiger partial charge in [-0.25, -0.2) is 8.42 Å². The number of hydrogen-bond acceptors (Lipinski definition) is 6. The van der Waals surface area contributed by atoms with E-state index in [0.717, 1.165) is 27.4 Å². The minimum atomic E-state index is -4.26. The van der Waals surface area contributed by atoms with Crippen molar-refractivity contribution in [2.75, 3.05) is 25.1 Å². The van der Waals surface area contributed by atoms with Crippen LogP contribution in [0.3, 0.4) is 0 Å². The fourth-order valence-electron chi connectivity index (χ4n) is 4.59. The number of benzene rings is 3. The lowest BCUT2D eigenvalue weighted by Gasteiger charge is -2.34. The minimum Gasteiger partial charge on any atom is -0.497 e. The van der Waals surface area contributed by atoms with Gasteiger partial charge in [0.05, 0.1) is 24.8 Å². The number of aryl methyl sites for hydroxylation is 2. The first-order valence-corrected chi connectivity index (χ1v) is 15.9. The van der Waals surface area contributed by atoms with Gasteiger partial charge in [-0.05, 0) is 63.4 Å². The number of sulfonamides is 1. The number of methoxy groups -OCH3 is 2. The number of nitrogens with one attached hydrogen (secondary N) is 1. The Morgan fingerprint density at radius 2 is 1.47 bits per heavy atom. The van der Waals surface area contributed by atoms with E-state index in [1.54, 1.807) is 24.3 Å². The van der Waals surface area contributed by atoms with Gasteiger partial charge in [-0.2, -0.15) is 0 Å². The van der Waals surface area contributed by atoms with E-state index in [1.807, 2.05) is 58.9 Å². The van der Waals surface area contributed by atoms with E-state index in [4.69, 9.17) is 9.47 Å². The number of rotatable bonds is 14. The number of carbonyl (C=O) groups is 2. The summed E-state index contributed by atoms with van der Waals surface area (Å²) in [6.45, 7) is 9.09. The molecule has 0 bridgehead atoms. The molecular weight excluding hydrogens is 566 g/mol. The highest BCUT2D eigenvalue weighted by molar-refractivity contribution is 7.92. The number of anilines is 1. The maximum atomic E-state index is 14.3. The van der Waals surface area contributed by atoms with Crippen molar-refractivity contribution < 1.29 is 27.5 Å². The van der Waals surface area contributed by atoms with Crippen LogP contribution in [0, 0.1) is 13.8 Å². The summed E-state index contributed by atoms with van der Waals surface area (Å²) in [5.74, 6) is -0.185. The van der Waals surface area contributed by atoms with E-state index >= 15 is 0 Å². The third-order valence-corrected chi connectivity index (χ3v) is 9.18. The maximum absolute atomic E-state index is 14.3. The SMILES string of the molecule is CC[C@@H](C)NC(=O)[C@@H](CC)N(Cc1ccc(C)cc1)C(=O)CN(c1cc(OC)ccc1OC)S(=O)(=O)c1ccc(C)cc1. The van der Waals surface area contributed by atoms with Crippen molar-refractivity contribution in [3.8, 4) is 11.5 Å². The third-order valence-electron chi connectivity index (χ3n) is 7.40. The van der Waals surface area contributed by atoms with Crippen LogP contribution in [0.15, 0.2) is 71.6 Å². The van der Waals surface area contributed by atoms with Crippen LogP contribution < -0.4 is 19.1 Å². The van der Waals surface area contributed by atoms with Crippen LogP contribution in [0.4, 0.5) is 5.69 Å². The smallest absolute Gasteiger partial charge is 0.264 e. The summed E-state index contributed by atoms with van der Waals surface area (Å²) in [5, 5.41) is 2.99. The molecule has 2 amide bonds. The molecule has 3 rings (SSSR count). The zero-order valence-corrected chi connectivity index (χ0v) is 26.9. The largest absolute Gasteiger partial charge is 0.497 e. The fourth-order valence-corrected chi connectivity index (χ4v) is 6.01. The molecule has 0 heterocycles. The lowest BCUT2D eigenvalue weighted by Crippen LogP contribution is -2.53. The second kappa shape index (κ2) is 14.9. The molecule has 0 fully saturated rings. The van der Waals surface area contributed by atoms with Crippen LogP contribution in [-0.2, 0) is 26.2 Å². The predicted molar refractivity (Wildman–Crippen MR) is 169 cm³/mol. The predicted octanol–water partition coefficient (Wildman–Crippen LogP) is 5.24. The highest BCUT2D eigenvalue weighted by atomic mass is 32.2. The molecule has 0 aliphatic heterocycles. The number of ether oxygens (including phenoxy) is 2. The monoisotopic (exact) mass is 609 g/mol. The molecule has 10 heteroatoms. The van der Waals surface area contributed by atoms with Crippen molar-refractivity contribution in [2.24, 2.45) is 0 Å². The molecule has 0 saturated carbocycles. The molecule has 0 unspecified atom stereocenters. The minimum absolute atomic E-state index is 0.0161. The van der Waals surface area contributed by atoms with Gasteiger partial charge in [-0.15, -0.1) is 0 Å². The first-order chi connectivity index (χ1) is 20.4. The molecule has 0 aliphatic carbocycles. The van der Waals surface area contributed by atoms with E-state index < -0.39 is 28.5 Å². The Labute approximate surface area is 255 Å². The van der Waals surface area contributed by atoms with E-state index in [-0.39, 0.29) is 34.8 Å². The quantitative estimate of drug-likeness (QED) is 0.268. The van der Waals surface area contributed by atoms with Gasteiger partial charge in [0.15, 0.2) is 0 Å². The molecule has 0 spiro atoms. The number of carbonyl (C=O) groups excluding carboxylic acids is 2. The van der Waals surface area contributed by atoms with E-state index in [0.29, 0.717) is 12.2 Å². The lowest BCUT2D eigenvalue weighted by atomic mass is 10.1. The van der Waals surface area contributed by atoms with Crippen LogP contribution >= 0.6 is 0 Å². The Morgan fingerprint density at radius 3 is 2.00 bits per heavy atom. The Balaban J connectivity index is 2.14. The van der Waals surface area contributed by atoms with Gasteiger partial charge in [0, 0.05) is 18.7 Å². The molecule has 0 saturated heterocycles. The van der Waals surface area contributed by atoms with Crippen molar-refractivity contribution in [2.45, 2.75) is 71.0 Å². The number of amides is 2. The second-order valence-corrected chi connectivity index (χ2v) is 12.5. The zero-order valence-electron chi connectivity index (χ0n) is 26.1. The van der Waals surface area contributed by atoms with E-state index in [1.165, 1.54) is 37.3 Å². The summed E-state index contributed by atoms with van der Waals surface area (Å²) >= 11 is 0. The Bertz CT molecular complexity index is 1490. The van der Waals surface area contributed by atoms with Crippen LogP contribution in [0.2, 0.25) is 0 Å². The molecule has 9 nitrogen and oxygen atoms in total. The summed E-state index contributed by atoms with van der Waals surface area (Å²) in [4.78, 5) is 29.2. The summed E-state index contributed by atoms with van der Waals surface area (Å²) in [5.41, 5.74) is 2.91. The molecule has 0 aromatic heterocycles. The summed E-state index contributed by atoms with van der Waals surface area (Å²) in [6.07, 6.45) is 1.07. The van der Waals surface area contributed by atoms with Crippen LogP contribution in [0.1, 0.15) is 50.3 Å². The summed E-state index contributed by atoms with van der Waals surface area (Å²) < 4.78 is 40.4. The van der Waals surface area contributed by atoms with Crippen molar-refractivity contribution in [1.29, 1.82) is 0 Å². The highest BCUT2D eigenvalue weighted by Crippen LogP contribution is 2.36. The molecule has 43 heavy (non-hydrogen) atoms. The Hall–Kier alpha value is -4.05. The van der Waals surface area contributed by atoms with Crippen LogP contribution in [-0.4, -0.2) is 58.0 Å². The zero-order chi connectivity index (χ0) is 31.7. The molecule has 0 aliphatic rings. The molecule has 3 aromatic carbocycles. The van der Waals surface area contributed by atoms with E-state index in [9.17, 15) is 18.0 Å². The number of hydrogen-bond donors (Lipinski definition) is 1. The van der Waals surface area contributed by atoms with Crippen molar-refractivity contribution in [3.05, 3.63) is 83.4 Å². The second-order valence-electron chi connectivity index (χ2n) is 10.6. The number of nitrogens with zero attached hydrogens (tertiary/aromatic N) is 2. The first kappa shape index (κ1) is 33.5. The average molecular weight is 610 g/mol. The maximum Gasteiger partial charge on any atom is 0.264 e. The van der Waals surface area contributed by atoms with Gasteiger partial charge in [0.1, 0.15) is 24.1 Å². The molecule has 1 N–H and O–H groups in total. The average Bonchev–Trinajstić information content (AvgIpc) is 3.00. The summed E-state index contributed by atoms with van der Waals surface area (Å²) in [7, 11) is -1.36. The standard InChI is InChI=1S/C33H43N3O6S/c1-8-25(5)34-33(38)29(9-2)35(21-26-14-10-23(3)11-15-26)32(37)22-36(30-20-27(41-6)16-19-31(30)42-7)43(39,40)28-17-12-24(4)13-18-28/h10-20,25,29H,8-9,21-22H2,1-7H3,(H,34,38)/t25-,29-/m1/s1. The highest BCUT2D eigenvalue weighted by Gasteiger charge is 2.35. The van der Waals surface area contributed by atoms with Gasteiger partial charge in [-0.1, -0.05) is 61.4 Å². The topological polar surface area (TPSA) is 105 Å². The Morgan fingerprint density at radius 1 is 0.860 bits per heavy atom. The van der Waals surface area contributed by atoms with Crippen molar-refractivity contribution in [3.63, 3.8) is 0 Å². The molecule has 232 valence electrons. The normalized spacial score (nSPS) is 12.6. The first-order valence-electron chi connectivity index (χ1n) is 14.4. The van der Waals surface area contributed by atoms with Gasteiger partial charge >= 0.3 is 0 Å². The van der Waals surface area contributed by atoms with Crippen LogP contribution in [0.25, 0.3) is 0 Å². The van der Waals surface area contributed by atoms with E-state index in [2.05, 4.69) is 5.32 Å². The third kappa shape index (κ3) is 8.28. The van der Waals surface area contributed by atoms with Crippen molar-refractivity contribution in [1.82, 2.24) is 10.2 Å². The molecule has 0 radical (unpaired) electrons. The Kier molecular flexibility index (Phi) is 11.6. The van der Waals surface area contributed by atoms with Gasteiger partial charge < -0.3 is 19.7 Å². The fraction of sp³-hybridized carbons (Fsp3) is 0.394. The molecule has 3 aromatic rings. The summed E-state index contributed by atoms with van der Waals surface area (Å²) in [6, 6.07) is 18.0.